The molecule has 0 fully saturated rings. The SMILES string of the molecule is CC(C)(C)c1ccc(C[C@H](NC(=O)CNC(=O)OCc2ccccc2)C(N)=O)cc1. The molecule has 2 rings (SSSR count). The topological polar surface area (TPSA) is 111 Å². The van der Waals surface area contributed by atoms with Crippen molar-refractivity contribution < 1.29 is 19.1 Å². The predicted molar refractivity (Wildman–Crippen MR) is 115 cm³/mol. The van der Waals surface area contributed by atoms with Gasteiger partial charge in [-0.3, -0.25) is 9.59 Å². The van der Waals surface area contributed by atoms with Crippen LogP contribution in [-0.4, -0.2) is 30.5 Å². The Morgan fingerprint density at radius 2 is 1.60 bits per heavy atom. The lowest BCUT2D eigenvalue weighted by Crippen LogP contribution is -2.49. The van der Waals surface area contributed by atoms with E-state index in [1.807, 2.05) is 54.6 Å². The Kier molecular flexibility index (Phi) is 7.98. The first-order valence-electron chi connectivity index (χ1n) is 9.78. The normalized spacial score (nSPS) is 12.0. The van der Waals surface area contributed by atoms with E-state index in [0.717, 1.165) is 11.1 Å². The Labute approximate surface area is 177 Å². The third-order valence-electron chi connectivity index (χ3n) is 4.54. The van der Waals surface area contributed by atoms with E-state index in [0.29, 0.717) is 0 Å². The highest BCUT2D eigenvalue weighted by Gasteiger charge is 2.20. The maximum absolute atomic E-state index is 12.1. The summed E-state index contributed by atoms with van der Waals surface area (Å²) >= 11 is 0. The second kappa shape index (κ2) is 10.4. The van der Waals surface area contributed by atoms with Crippen LogP contribution in [0.5, 0.6) is 0 Å². The minimum Gasteiger partial charge on any atom is -0.445 e. The number of alkyl carbamates (subject to hydrolysis) is 1. The van der Waals surface area contributed by atoms with Gasteiger partial charge >= 0.3 is 6.09 Å². The van der Waals surface area contributed by atoms with Crippen molar-refractivity contribution in [3.05, 3.63) is 71.3 Å². The van der Waals surface area contributed by atoms with Gasteiger partial charge in [0, 0.05) is 6.42 Å². The number of rotatable bonds is 8. The smallest absolute Gasteiger partial charge is 0.407 e. The van der Waals surface area contributed by atoms with Gasteiger partial charge in [-0.05, 0) is 22.1 Å². The molecule has 3 amide bonds. The molecule has 0 aromatic heterocycles. The summed E-state index contributed by atoms with van der Waals surface area (Å²) in [5.74, 6) is -1.17. The zero-order valence-electron chi connectivity index (χ0n) is 17.6. The molecule has 0 radical (unpaired) electrons. The van der Waals surface area contributed by atoms with Gasteiger partial charge in [-0.25, -0.2) is 4.79 Å². The van der Waals surface area contributed by atoms with Crippen molar-refractivity contribution in [3.8, 4) is 0 Å². The van der Waals surface area contributed by atoms with Crippen LogP contribution in [0.1, 0.15) is 37.5 Å². The van der Waals surface area contributed by atoms with E-state index >= 15 is 0 Å². The minimum atomic E-state index is -0.875. The van der Waals surface area contributed by atoms with Gasteiger partial charge in [0.25, 0.3) is 0 Å². The quantitative estimate of drug-likeness (QED) is 0.619. The fraction of sp³-hybridized carbons (Fsp3) is 0.348. The third-order valence-corrected chi connectivity index (χ3v) is 4.54. The van der Waals surface area contributed by atoms with Gasteiger partial charge in [0.05, 0.1) is 0 Å². The predicted octanol–water partition coefficient (Wildman–Crippen LogP) is 2.42. The van der Waals surface area contributed by atoms with Gasteiger partial charge in [0.15, 0.2) is 0 Å². The standard InChI is InChI=1S/C23H29N3O4/c1-23(2,3)18-11-9-16(10-12-18)13-19(21(24)28)26-20(27)14-25-22(29)30-15-17-7-5-4-6-8-17/h4-12,19H,13-15H2,1-3H3,(H2,24,28)(H,25,29)(H,26,27)/t19-/m0/s1. The van der Waals surface area contributed by atoms with Crippen molar-refractivity contribution in [2.45, 2.75) is 45.3 Å². The molecule has 0 aliphatic carbocycles. The molecule has 0 aliphatic rings. The summed E-state index contributed by atoms with van der Waals surface area (Å²) in [4.78, 5) is 35.6. The van der Waals surface area contributed by atoms with Gasteiger partial charge in [-0.2, -0.15) is 0 Å². The molecular formula is C23H29N3O4. The highest BCUT2D eigenvalue weighted by molar-refractivity contribution is 5.88. The largest absolute Gasteiger partial charge is 0.445 e. The zero-order valence-corrected chi connectivity index (χ0v) is 17.6. The molecule has 0 heterocycles. The van der Waals surface area contributed by atoms with E-state index in [4.69, 9.17) is 10.5 Å². The van der Waals surface area contributed by atoms with Crippen molar-refractivity contribution in [3.63, 3.8) is 0 Å². The Morgan fingerprint density at radius 1 is 0.967 bits per heavy atom. The van der Waals surface area contributed by atoms with Crippen molar-refractivity contribution in [1.29, 1.82) is 0 Å². The van der Waals surface area contributed by atoms with Gasteiger partial charge in [-0.1, -0.05) is 75.4 Å². The van der Waals surface area contributed by atoms with Crippen LogP contribution < -0.4 is 16.4 Å². The Balaban J connectivity index is 1.82. The average molecular weight is 412 g/mol. The van der Waals surface area contributed by atoms with Crippen LogP contribution in [0, 0.1) is 0 Å². The summed E-state index contributed by atoms with van der Waals surface area (Å²) in [6, 6.07) is 16.1. The molecule has 2 aromatic carbocycles. The minimum absolute atomic E-state index is 0.0244. The second-order valence-electron chi connectivity index (χ2n) is 8.09. The van der Waals surface area contributed by atoms with Crippen LogP contribution in [0.3, 0.4) is 0 Å². The van der Waals surface area contributed by atoms with Crippen molar-refractivity contribution in [1.82, 2.24) is 10.6 Å². The molecule has 0 unspecified atom stereocenters. The molecule has 2 aromatic rings. The van der Waals surface area contributed by atoms with Crippen LogP contribution in [-0.2, 0) is 32.8 Å². The van der Waals surface area contributed by atoms with Crippen LogP contribution >= 0.6 is 0 Å². The van der Waals surface area contributed by atoms with Gasteiger partial charge in [0.1, 0.15) is 19.2 Å². The van der Waals surface area contributed by atoms with Crippen LogP contribution in [0.15, 0.2) is 54.6 Å². The Bertz CT molecular complexity index is 858. The molecular weight excluding hydrogens is 382 g/mol. The van der Waals surface area contributed by atoms with Crippen molar-refractivity contribution in [2.24, 2.45) is 5.73 Å². The van der Waals surface area contributed by atoms with E-state index in [1.54, 1.807) is 0 Å². The second-order valence-corrected chi connectivity index (χ2v) is 8.09. The summed E-state index contributed by atoms with van der Waals surface area (Å²) in [7, 11) is 0. The highest BCUT2D eigenvalue weighted by atomic mass is 16.5. The number of carbonyl (C=O) groups excluding carboxylic acids is 3. The lowest BCUT2D eigenvalue weighted by molar-refractivity contribution is -0.126. The molecule has 1 atom stereocenters. The molecule has 4 N–H and O–H groups in total. The number of carbonyl (C=O) groups is 3. The number of primary amides is 1. The maximum atomic E-state index is 12.1. The highest BCUT2D eigenvalue weighted by Crippen LogP contribution is 2.22. The zero-order chi connectivity index (χ0) is 22.1. The van der Waals surface area contributed by atoms with Crippen molar-refractivity contribution >= 4 is 17.9 Å². The average Bonchev–Trinajstić information content (AvgIpc) is 2.70. The fourth-order valence-corrected chi connectivity index (χ4v) is 2.77. The first kappa shape index (κ1) is 22.9. The van der Waals surface area contributed by atoms with Gasteiger partial charge in [-0.15, -0.1) is 0 Å². The lowest BCUT2D eigenvalue weighted by atomic mass is 9.86. The number of nitrogens with two attached hydrogens (primary N) is 1. The number of benzene rings is 2. The molecule has 0 spiro atoms. The molecule has 30 heavy (non-hydrogen) atoms. The fourth-order valence-electron chi connectivity index (χ4n) is 2.77. The first-order valence-corrected chi connectivity index (χ1v) is 9.78. The first-order chi connectivity index (χ1) is 14.1. The van der Waals surface area contributed by atoms with E-state index in [-0.39, 0.29) is 25.0 Å². The molecule has 160 valence electrons. The molecule has 0 aliphatic heterocycles. The Hall–Kier alpha value is -3.35. The monoisotopic (exact) mass is 411 g/mol. The van der Waals surface area contributed by atoms with Crippen LogP contribution in [0.25, 0.3) is 0 Å². The lowest BCUT2D eigenvalue weighted by Gasteiger charge is -2.20. The molecule has 7 nitrogen and oxygen atoms in total. The summed E-state index contributed by atoms with van der Waals surface area (Å²) in [5, 5.41) is 4.91. The number of hydrogen-bond donors (Lipinski definition) is 3. The van der Waals surface area contributed by atoms with Crippen LogP contribution in [0.2, 0.25) is 0 Å². The maximum Gasteiger partial charge on any atom is 0.407 e. The third kappa shape index (κ3) is 7.58. The number of amides is 3. The van der Waals surface area contributed by atoms with Gasteiger partial charge in [0.2, 0.25) is 11.8 Å². The molecule has 7 heteroatoms. The van der Waals surface area contributed by atoms with Gasteiger partial charge < -0.3 is 21.1 Å². The van der Waals surface area contributed by atoms with E-state index < -0.39 is 23.9 Å². The number of nitrogens with one attached hydrogen (secondary N) is 2. The van der Waals surface area contributed by atoms with E-state index in [9.17, 15) is 14.4 Å². The summed E-state index contributed by atoms with van der Waals surface area (Å²) < 4.78 is 5.04. The number of ether oxygens (including phenoxy) is 1. The summed E-state index contributed by atoms with van der Waals surface area (Å²) in [6.07, 6.45) is -0.452. The van der Waals surface area contributed by atoms with Crippen LogP contribution in [0.4, 0.5) is 4.79 Å². The summed E-state index contributed by atoms with van der Waals surface area (Å²) in [6.45, 7) is 6.13. The van der Waals surface area contributed by atoms with Crippen molar-refractivity contribution in [2.75, 3.05) is 6.54 Å². The van der Waals surface area contributed by atoms with E-state index in [1.165, 1.54) is 5.56 Å². The summed E-state index contributed by atoms with van der Waals surface area (Å²) in [5.41, 5.74) is 8.34. The molecule has 0 saturated carbocycles. The Morgan fingerprint density at radius 3 is 2.17 bits per heavy atom. The van der Waals surface area contributed by atoms with E-state index in [2.05, 4.69) is 31.4 Å². The molecule has 0 saturated heterocycles. The molecule has 0 bridgehead atoms. The number of hydrogen-bond acceptors (Lipinski definition) is 4.